The van der Waals surface area contributed by atoms with E-state index in [1.54, 1.807) is 12.3 Å². The minimum absolute atomic E-state index is 0.0506. The zero-order valence-corrected chi connectivity index (χ0v) is 17.6. The SMILES string of the molecule is O=C1[C@H](Nc2cc(F)cc(Cl)c2)CCCN1[C@@H]1CCCN(c2ncnc3[nH]ncc23)C1. The van der Waals surface area contributed by atoms with Crippen LogP contribution in [0.15, 0.2) is 30.7 Å². The first-order valence-electron chi connectivity index (χ1n) is 10.5. The third-order valence-electron chi connectivity index (χ3n) is 6.04. The van der Waals surface area contributed by atoms with Crippen LogP contribution in [-0.2, 0) is 4.79 Å². The van der Waals surface area contributed by atoms with Gasteiger partial charge in [-0.25, -0.2) is 14.4 Å². The van der Waals surface area contributed by atoms with Crippen LogP contribution in [0.2, 0.25) is 5.02 Å². The first-order valence-corrected chi connectivity index (χ1v) is 10.9. The van der Waals surface area contributed by atoms with Gasteiger partial charge in [-0.1, -0.05) is 11.6 Å². The molecule has 0 spiro atoms. The first-order chi connectivity index (χ1) is 15.1. The molecule has 0 unspecified atom stereocenters. The van der Waals surface area contributed by atoms with Gasteiger partial charge in [0.2, 0.25) is 5.91 Å². The number of hydrogen-bond donors (Lipinski definition) is 2. The Morgan fingerprint density at radius 2 is 2.03 bits per heavy atom. The second-order valence-electron chi connectivity index (χ2n) is 8.10. The Balaban J connectivity index is 1.32. The number of nitrogens with zero attached hydrogens (tertiary/aromatic N) is 5. The van der Waals surface area contributed by atoms with E-state index in [2.05, 4.69) is 30.4 Å². The summed E-state index contributed by atoms with van der Waals surface area (Å²) in [7, 11) is 0. The number of carbonyl (C=O) groups is 1. The van der Waals surface area contributed by atoms with Crippen LogP contribution >= 0.6 is 11.6 Å². The number of aromatic amines is 1. The van der Waals surface area contributed by atoms with E-state index in [1.807, 2.05) is 4.90 Å². The van der Waals surface area contributed by atoms with Crippen LogP contribution in [0.4, 0.5) is 15.9 Å². The number of amides is 1. The van der Waals surface area contributed by atoms with E-state index in [4.69, 9.17) is 11.6 Å². The molecular weight excluding hydrogens is 421 g/mol. The Hall–Kier alpha value is -2.94. The van der Waals surface area contributed by atoms with Crippen molar-refractivity contribution in [1.82, 2.24) is 25.1 Å². The van der Waals surface area contributed by atoms with Crippen LogP contribution in [-0.4, -0.2) is 62.7 Å². The summed E-state index contributed by atoms with van der Waals surface area (Å²) in [6.07, 6.45) is 6.79. The fraction of sp³-hybridized carbons (Fsp3) is 0.429. The van der Waals surface area contributed by atoms with Crippen molar-refractivity contribution in [3.05, 3.63) is 41.6 Å². The molecule has 3 aromatic rings. The predicted octanol–water partition coefficient (Wildman–Crippen LogP) is 3.22. The van der Waals surface area contributed by atoms with E-state index in [1.165, 1.54) is 18.5 Å². The molecule has 5 rings (SSSR count). The highest BCUT2D eigenvalue weighted by Gasteiger charge is 2.35. The molecular formula is C21H23ClFN7O. The number of benzene rings is 1. The first kappa shape index (κ1) is 20.0. The van der Waals surface area contributed by atoms with E-state index in [-0.39, 0.29) is 18.0 Å². The van der Waals surface area contributed by atoms with Crippen molar-refractivity contribution in [2.45, 2.75) is 37.8 Å². The fourth-order valence-corrected chi connectivity index (χ4v) is 4.86. The number of likely N-dealkylation sites (tertiary alicyclic amines) is 1. The summed E-state index contributed by atoms with van der Waals surface area (Å²) in [5.74, 6) is 0.472. The third-order valence-corrected chi connectivity index (χ3v) is 6.26. The summed E-state index contributed by atoms with van der Waals surface area (Å²) in [6, 6.07) is 3.97. The van der Waals surface area contributed by atoms with Gasteiger partial charge in [0.1, 0.15) is 24.0 Å². The minimum atomic E-state index is -0.423. The van der Waals surface area contributed by atoms with E-state index in [9.17, 15) is 9.18 Å². The number of aromatic nitrogens is 4. The average molecular weight is 444 g/mol. The Morgan fingerprint density at radius 3 is 2.90 bits per heavy atom. The van der Waals surface area contributed by atoms with Gasteiger partial charge in [-0.15, -0.1) is 0 Å². The molecule has 0 saturated carbocycles. The van der Waals surface area contributed by atoms with Crippen LogP contribution in [0.3, 0.4) is 0 Å². The topological polar surface area (TPSA) is 90.0 Å². The molecule has 0 bridgehead atoms. The molecule has 1 aromatic carbocycles. The van der Waals surface area contributed by atoms with E-state index >= 15 is 0 Å². The van der Waals surface area contributed by atoms with Gasteiger partial charge in [-0.05, 0) is 43.9 Å². The largest absolute Gasteiger partial charge is 0.374 e. The molecule has 2 fully saturated rings. The minimum Gasteiger partial charge on any atom is -0.374 e. The zero-order chi connectivity index (χ0) is 21.4. The number of hydrogen-bond acceptors (Lipinski definition) is 6. The van der Waals surface area contributed by atoms with E-state index < -0.39 is 5.82 Å². The molecule has 4 heterocycles. The van der Waals surface area contributed by atoms with Gasteiger partial charge >= 0.3 is 0 Å². The highest BCUT2D eigenvalue weighted by atomic mass is 35.5. The Kier molecular flexibility index (Phi) is 5.35. The van der Waals surface area contributed by atoms with Gasteiger partial charge in [0, 0.05) is 36.4 Å². The lowest BCUT2D eigenvalue weighted by molar-refractivity contribution is -0.137. The smallest absolute Gasteiger partial charge is 0.245 e. The zero-order valence-electron chi connectivity index (χ0n) is 16.9. The number of halogens is 2. The Bertz CT molecular complexity index is 1090. The maximum Gasteiger partial charge on any atom is 0.245 e. The highest BCUT2D eigenvalue weighted by molar-refractivity contribution is 6.30. The van der Waals surface area contributed by atoms with E-state index in [0.29, 0.717) is 29.3 Å². The summed E-state index contributed by atoms with van der Waals surface area (Å²) < 4.78 is 13.7. The number of H-pyrrole nitrogens is 1. The quantitative estimate of drug-likeness (QED) is 0.643. The van der Waals surface area contributed by atoms with Crippen molar-refractivity contribution >= 4 is 40.0 Å². The maximum atomic E-state index is 13.7. The van der Waals surface area contributed by atoms with E-state index in [0.717, 1.165) is 43.6 Å². The van der Waals surface area contributed by atoms with Crippen molar-refractivity contribution in [1.29, 1.82) is 0 Å². The molecule has 31 heavy (non-hydrogen) atoms. The van der Waals surface area contributed by atoms with Gasteiger partial charge < -0.3 is 15.1 Å². The number of nitrogens with one attached hydrogen (secondary N) is 2. The van der Waals surface area contributed by atoms with Crippen LogP contribution < -0.4 is 10.2 Å². The van der Waals surface area contributed by atoms with Crippen LogP contribution in [0.5, 0.6) is 0 Å². The Labute approximate surface area is 183 Å². The standard InChI is InChI=1S/C21H23ClFN7O/c22-13-7-14(23)9-15(8-13)27-18-4-2-6-30(21(18)31)16-3-1-5-29(11-16)20-17-10-26-28-19(17)24-12-25-20/h7-10,12,16,18,27H,1-6,11H2,(H,24,25,26,28)/t16-,18-/m1/s1. The monoisotopic (exact) mass is 443 g/mol. The third kappa shape index (κ3) is 4.01. The highest BCUT2D eigenvalue weighted by Crippen LogP contribution is 2.28. The molecule has 2 aromatic heterocycles. The van der Waals surface area contributed by atoms with Gasteiger partial charge in [-0.3, -0.25) is 9.89 Å². The summed E-state index contributed by atoms with van der Waals surface area (Å²) in [6.45, 7) is 2.31. The van der Waals surface area contributed by atoms with Crippen LogP contribution in [0.1, 0.15) is 25.7 Å². The lowest BCUT2D eigenvalue weighted by Crippen LogP contribution is -2.56. The molecule has 2 aliphatic heterocycles. The molecule has 0 aliphatic carbocycles. The second-order valence-corrected chi connectivity index (χ2v) is 8.54. The summed E-state index contributed by atoms with van der Waals surface area (Å²) in [5, 5.41) is 11.3. The van der Waals surface area contributed by atoms with Crippen LogP contribution in [0, 0.1) is 5.82 Å². The van der Waals surface area contributed by atoms with Crippen molar-refractivity contribution in [3.8, 4) is 0 Å². The average Bonchev–Trinajstić information content (AvgIpc) is 3.24. The lowest BCUT2D eigenvalue weighted by Gasteiger charge is -2.43. The van der Waals surface area contributed by atoms with Gasteiger partial charge in [0.05, 0.1) is 11.6 Å². The molecule has 2 aliphatic rings. The molecule has 2 atom stereocenters. The summed E-state index contributed by atoms with van der Waals surface area (Å²) in [5.41, 5.74) is 1.23. The molecule has 10 heteroatoms. The molecule has 2 N–H and O–H groups in total. The van der Waals surface area contributed by atoms with Crippen molar-refractivity contribution in [2.75, 3.05) is 29.9 Å². The summed E-state index contributed by atoms with van der Waals surface area (Å²) >= 11 is 5.96. The second kappa shape index (κ2) is 8.30. The van der Waals surface area contributed by atoms with Gasteiger partial charge in [0.25, 0.3) is 0 Å². The van der Waals surface area contributed by atoms with Crippen LogP contribution in [0.25, 0.3) is 11.0 Å². The number of piperidine rings is 2. The molecule has 162 valence electrons. The summed E-state index contributed by atoms with van der Waals surface area (Å²) in [4.78, 5) is 26.2. The fourth-order valence-electron chi connectivity index (χ4n) is 4.64. The number of fused-ring (bicyclic) bond motifs is 1. The van der Waals surface area contributed by atoms with Crippen molar-refractivity contribution in [3.63, 3.8) is 0 Å². The normalized spacial score (nSPS) is 22.2. The van der Waals surface area contributed by atoms with Crippen molar-refractivity contribution < 1.29 is 9.18 Å². The molecule has 8 nitrogen and oxygen atoms in total. The molecule has 1 amide bonds. The van der Waals surface area contributed by atoms with Crippen molar-refractivity contribution in [2.24, 2.45) is 0 Å². The Morgan fingerprint density at radius 1 is 1.16 bits per heavy atom. The van der Waals surface area contributed by atoms with Gasteiger partial charge in [-0.2, -0.15) is 5.10 Å². The number of rotatable bonds is 4. The maximum absolute atomic E-state index is 13.7. The number of carbonyl (C=O) groups excluding carboxylic acids is 1. The number of anilines is 2. The molecule has 2 saturated heterocycles. The predicted molar refractivity (Wildman–Crippen MR) is 117 cm³/mol. The lowest BCUT2D eigenvalue weighted by atomic mass is 9.97. The van der Waals surface area contributed by atoms with Gasteiger partial charge in [0.15, 0.2) is 5.65 Å². The molecule has 0 radical (unpaired) electrons.